The molecular formula is C11H15ClFNO. The molecule has 2 unspecified atom stereocenters. The molecule has 0 saturated heterocycles. The SMILES string of the molecule is Cc1c(Cl)cc(C(O)C(C)N)c(C)c1F. The lowest BCUT2D eigenvalue weighted by Crippen LogP contribution is -2.25. The van der Waals surface area contributed by atoms with Gasteiger partial charge >= 0.3 is 0 Å². The molecule has 0 aliphatic heterocycles. The summed E-state index contributed by atoms with van der Waals surface area (Å²) in [6.07, 6.45) is -0.891. The monoisotopic (exact) mass is 231 g/mol. The van der Waals surface area contributed by atoms with Gasteiger partial charge in [-0.2, -0.15) is 0 Å². The van der Waals surface area contributed by atoms with Gasteiger partial charge in [-0.1, -0.05) is 11.6 Å². The van der Waals surface area contributed by atoms with Crippen LogP contribution in [0.3, 0.4) is 0 Å². The Bertz CT molecular complexity index is 379. The van der Waals surface area contributed by atoms with E-state index >= 15 is 0 Å². The van der Waals surface area contributed by atoms with Gasteiger partial charge in [0, 0.05) is 16.6 Å². The maximum atomic E-state index is 13.6. The first-order chi connectivity index (χ1) is 6.86. The summed E-state index contributed by atoms with van der Waals surface area (Å²) < 4.78 is 13.6. The van der Waals surface area contributed by atoms with E-state index in [2.05, 4.69) is 0 Å². The zero-order valence-corrected chi connectivity index (χ0v) is 9.77. The topological polar surface area (TPSA) is 46.2 Å². The van der Waals surface area contributed by atoms with Crippen molar-refractivity contribution >= 4 is 11.6 Å². The summed E-state index contributed by atoms with van der Waals surface area (Å²) in [5, 5.41) is 10.1. The second-order valence-electron chi connectivity index (χ2n) is 3.82. The standard InChI is InChI=1S/C11H15ClFNO/c1-5-8(11(15)7(3)14)4-9(12)6(2)10(5)13/h4,7,11,15H,14H2,1-3H3. The Hall–Kier alpha value is -0.640. The van der Waals surface area contributed by atoms with Crippen LogP contribution in [0, 0.1) is 19.7 Å². The lowest BCUT2D eigenvalue weighted by Gasteiger charge is -2.19. The van der Waals surface area contributed by atoms with Gasteiger partial charge in [0.25, 0.3) is 0 Å². The van der Waals surface area contributed by atoms with Crippen LogP contribution in [0.4, 0.5) is 4.39 Å². The summed E-state index contributed by atoms with van der Waals surface area (Å²) >= 11 is 5.85. The molecule has 1 aromatic rings. The molecule has 15 heavy (non-hydrogen) atoms. The number of hydrogen-bond acceptors (Lipinski definition) is 2. The maximum absolute atomic E-state index is 13.6. The molecule has 3 N–H and O–H groups in total. The Morgan fingerprint density at radius 1 is 1.40 bits per heavy atom. The summed E-state index contributed by atoms with van der Waals surface area (Å²) in [5.41, 5.74) is 6.82. The van der Waals surface area contributed by atoms with Gasteiger partial charge in [-0.25, -0.2) is 4.39 Å². The normalized spacial score (nSPS) is 15.1. The molecule has 0 amide bonds. The Morgan fingerprint density at radius 2 is 1.93 bits per heavy atom. The smallest absolute Gasteiger partial charge is 0.130 e. The van der Waals surface area contributed by atoms with E-state index in [9.17, 15) is 9.50 Å². The van der Waals surface area contributed by atoms with Crippen LogP contribution in [-0.2, 0) is 0 Å². The molecule has 0 aliphatic rings. The third kappa shape index (κ3) is 2.30. The summed E-state index contributed by atoms with van der Waals surface area (Å²) in [6.45, 7) is 4.88. The molecule has 0 heterocycles. The summed E-state index contributed by atoms with van der Waals surface area (Å²) in [7, 11) is 0. The van der Waals surface area contributed by atoms with Crippen LogP contribution in [-0.4, -0.2) is 11.1 Å². The molecule has 1 rings (SSSR count). The molecule has 0 aliphatic carbocycles. The van der Waals surface area contributed by atoms with Gasteiger partial charge in [0.05, 0.1) is 6.10 Å². The predicted molar refractivity (Wildman–Crippen MR) is 59.5 cm³/mol. The number of aliphatic hydroxyl groups excluding tert-OH is 1. The van der Waals surface area contributed by atoms with Crippen molar-refractivity contribution in [1.82, 2.24) is 0 Å². The Balaban J connectivity index is 3.32. The molecule has 0 radical (unpaired) electrons. The van der Waals surface area contributed by atoms with Crippen molar-refractivity contribution in [3.05, 3.63) is 33.6 Å². The Labute approximate surface area is 93.9 Å². The second-order valence-corrected chi connectivity index (χ2v) is 4.22. The molecule has 0 saturated carbocycles. The Morgan fingerprint density at radius 3 is 2.40 bits per heavy atom. The largest absolute Gasteiger partial charge is 0.387 e. The highest BCUT2D eigenvalue weighted by atomic mass is 35.5. The van der Waals surface area contributed by atoms with Gasteiger partial charge in [0.1, 0.15) is 5.82 Å². The molecule has 0 aromatic heterocycles. The Kier molecular flexibility index (Phi) is 3.71. The van der Waals surface area contributed by atoms with E-state index in [0.29, 0.717) is 21.7 Å². The molecule has 2 nitrogen and oxygen atoms in total. The minimum Gasteiger partial charge on any atom is -0.387 e. The van der Waals surface area contributed by atoms with E-state index in [1.54, 1.807) is 26.8 Å². The van der Waals surface area contributed by atoms with Crippen LogP contribution >= 0.6 is 11.6 Å². The van der Waals surface area contributed by atoms with Crippen molar-refractivity contribution < 1.29 is 9.50 Å². The fourth-order valence-corrected chi connectivity index (χ4v) is 1.66. The number of benzene rings is 1. The van der Waals surface area contributed by atoms with Crippen molar-refractivity contribution in [3.8, 4) is 0 Å². The summed E-state index contributed by atoms with van der Waals surface area (Å²) in [5.74, 6) is -0.378. The van der Waals surface area contributed by atoms with E-state index in [1.807, 2.05) is 0 Å². The molecule has 2 atom stereocenters. The molecule has 0 fully saturated rings. The van der Waals surface area contributed by atoms with Gasteiger partial charge in [0.2, 0.25) is 0 Å². The summed E-state index contributed by atoms with van der Waals surface area (Å²) in [6, 6.07) is 1.12. The van der Waals surface area contributed by atoms with Crippen LogP contribution in [0.2, 0.25) is 5.02 Å². The lowest BCUT2D eigenvalue weighted by atomic mass is 9.97. The molecule has 0 spiro atoms. The molecule has 0 bridgehead atoms. The second kappa shape index (κ2) is 4.47. The molecule has 84 valence electrons. The number of rotatable bonds is 2. The van der Waals surface area contributed by atoms with E-state index in [1.165, 1.54) is 0 Å². The molecule has 1 aromatic carbocycles. The van der Waals surface area contributed by atoms with Crippen LogP contribution < -0.4 is 5.73 Å². The van der Waals surface area contributed by atoms with E-state index in [0.717, 1.165) is 0 Å². The van der Waals surface area contributed by atoms with Gasteiger partial charge in [-0.3, -0.25) is 0 Å². The van der Waals surface area contributed by atoms with E-state index in [4.69, 9.17) is 17.3 Å². The van der Waals surface area contributed by atoms with Crippen LogP contribution in [0.25, 0.3) is 0 Å². The zero-order valence-electron chi connectivity index (χ0n) is 9.01. The van der Waals surface area contributed by atoms with Gasteiger partial charge in [-0.15, -0.1) is 0 Å². The minimum absolute atomic E-state index is 0.313. The van der Waals surface area contributed by atoms with E-state index in [-0.39, 0.29) is 5.82 Å². The highest BCUT2D eigenvalue weighted by Gasteiger charge is 2.19. The summed E-state index contributed by atoms with van der Waals surface area (Å²) in [4.78, 5) is 0. The average Bonchev–Trinajstić information content (AvgIpc) is 2.19. The van der Waals surface area contributed by atoms with E-state index < -0.39 is 12.1 Å². The minimum atomic E-state index is -0.891. The van der Waals surface area contributed by atoms with Gasteiger partial charge in [0.15, 0.2) is 0 Å². The number of nitrogens with two attached hydrogens (primary N) is 1. The first-order valence-electron chi connectivity index (χ1n) is 4.75. The molecular weight excluding hydrogens is 217 g/mol. The predicted octanol–water partition coefficient (Wildman–Crippen LogP) is 2.48. The lowest BCUT2D eigenvalue weighted by molar-refractivity contribution is 0.152. The maximum Gasteiger partial charge on any atom is 0.130 e. The first kappa shape index (κ1) is 12.4. The fourth-order valence-electron chi connectivity index (χ4n) is 1.46. The third-order valence-electron chi connectivity index (χ3n) is 2.55. The highest BCUT2D eigenvalue weighted by molar-refractivity contribution is 6.31. The fraction of sp³-hybridized carbons (Fsp3) is 0.455. The van der Waals surface area contributed by atoms with Crippen LogP contribution in [0.1, 0.15) is 29.7 Å². The van der Waals surface area contributed by atoms with Gasteiger partial charge < -0.3 is 10.8 Å². The zero-order chi connectivity index (χ0) is 11.7. The average molecular weight is 232 g/mol. The van der Waals surface area contributed by atoms with Crippen LogP contribution in [0.15, 0.2) is 6.07 Å². The quantitative estimate of drug-likeness (QED) is 0.822. The van der Waals surface area contributed by atoms with Crippen molar-refractivity contribution in [2.45, 2.75) is 32.9 Å². The van der Waals surface area contributed by atoms with Crippen molar-refractivity contribution in [3.63, 3.8) is 0 Å². The number of aliphatic hydroxyl groups is 1. The van der Waals surface area contributed by atoms with Gasteiger partial charge in [-0.05, 0) is 38.0 Å². The van der Waals surface area contributed by atoms with Crippen molar-refractivity contribution in [1.29, 1.82) is 0 Å². The molecule has 4 heteroatoms. The third-order valence-corrected chi connectivity index (χ3v) is 2.94. The van der Waals surface area contributed by atoms with Crippen molar-refractivity contribution in [2.75, 3.05) is 0 Å². The number of hydrogen-bond donors (Lipinski definition) is 2. The van der Waals surface area contributed by atoms with Crippen LogP contribution in [0.5, 0.6) is 0 Å². The first-order valence-corrected chi connectivity index (χ1v) is 5.12. The van der Waals surface area contributed by atoms with Crippen molar-refractivity contribution in [2.24, 2.45) is 5.73 Å². The highest BCUT2D eigenvalue weighted by Crippen LogP contribution is 2.29. The number of halogens is 2.